The minimum atomic E-state index is -0.0428. The van der Waals surface area contributed by atoms with Gasteiger partial charge in [-0.3, -0.25) is 4.79 Å². The van der Waals surface area contributed by atoms with E-state index in [-0.39, 0.29) is 17.9 Å². The van der Waals surface area contributed by atoms with Gasteiger partial charge in [0.25, 0.3) is 0 Å². The lowest BCUT2D eigenvalue weighted by atomic mass is 9.97. The van der Waals surface area contributed by atoms with Gasteiger partial charge in [0, 0.05) is 17.7 Å². The quantitative estimate of drug-likeness (QED) is 0.810. The summed E-state index contributed by atoms with van der Waals surface area (Å²) in [4.78, 5) is 17.0. The smallest absolute Gasteiger partial charge is 0.221 e. The van der Waals surface area contributed by atoms with Crippen molar-refractivity contribution >= 4 is 17.2 Å². The highest BCUT2D eigenvalue weighted by atomic mass is 32.1. The van der Waals surface area contributed by atoms with Gasteiger partial charge in [0.1, 0.15) is 5.75 Å². The summed E-state index contributed by atoms with van der Waals surface area (Å²) in [5.74, 6) is 1.69. The van der Waals surface area contributed by atoms with E-state index >= 15 is 0 Å². The highest BCUT2D eigenvalue weighted by Gasteiger charge is 2.27. The second-order valence-corrected chi connectivity index (χ2v) is 7.45. The molecule has 0 spiro atoms. The van der Waals surface area contributed by atoms with E-state index in [1.54, 1.807) is 18.4 Å². The van der Waals surface area contributed by atoms with Crippen molar-refractivity contribution in [1.82, 2.24) is 10.3 Å². The second kappa shape index (κ2) is 7.34. The molecular formula is C19H24N2O2S. The van der Waals surface area contributed by atoms with Crippen LogP contribution in [-0.4, -0.2) is 18.0 Å². The Kier molecular flexibility index (Phi) is 5.19. The first-order valence-electron chi connectivity index (χ1n) is 8.45. The molecule has 1 aliphatic carbocycles. The number of rotatable bonds is 7. The number of thiazole rings is 1. The summed E-state index contributed by atoms with van der Waals surface area (Å²) in [7, 11) is 1.65. The van der Waals surface area contributed by atoms with E-state index in [2.05, 4.69) is 22.6 Å². The molecule has 1 aromatic carbocycles. The average molecular weight is 344 g/mol. The van der Waals surface area contributed by atoms with Crippen LogP contribution in [0.25, 0.3) is 0 Å². The summed E-state index contributed by atoms with van der Waals surface area (Å²) in [6.45, 7) is 4.06. The summed E-state index contributed by atoms with van der Waals surface area (Å²) in [6.07, 6.45) is 2.97. The number of aromatic nitrogens is 1. The lowest BCUT2D eigenvalue weighted by molar-refractivity contribution is -0.122. The third-order valence-corrected chi connectivity index (χ3v) is 5.47. The first-order chi connectivity index (χ1) is 11.6. The zero-order valence-corrected chi connectivity index (χ0v) is 15.2. The van der Waals surface area contributed by atoms with Crippen LogP contribution < -0.4 is 10.1 Å². The Balaban J connectivity index is 1.55. The number of carbonyl (C=O) groups is 1. The van der Waals surface area contributed by atoms with Crippen LogP contribution in [0.3, 0.4) is 0 Å². The summed E-state index contributed by atoms with van der Waals surface area (Å²) in [5.41, 5.74) is 2.09. The van der Waals surface area contributed by atoms with Crippen LogP contribution in [0.15, 0.2) is 29.6 Å². The zero-order valence-electron chi connectivity index (χ0n) is 14.4. The Labute approximate surface area is 147 Å². The Hall–Kier alpha value is -1.88. The molecule has 1 N–H and O–H groups in total. The van der Waals surface area contributed by atoms with Crippen LogP contribution in [0.2, 0.25) is 0 Å². The van der Waals surface area contributed by atoms with Gasteiger partial charge in [0.2, 0.25) is 5.91 Å². The van der Waals surface area contributed by atoms with Gasteiger partial charge in [-0.1, -0.05) is 19.1 Å². The summed E-state index contributed by atoms with van der Waals surface area (Å²) in [5, 5.41) is 6.36. The van der Waals surface area contributed by atoms with Crippen LogP contribution >= 0.6 is 11.3 Å². The Morgan fingerprint density at radius 1 is 1.42 bits per heavy atom. The van der Waals surface area contributed by atoms with Crippen molar-refractivity contribution in [2.75, 3.05) is 7.11 Å². The number of benzene rings is 1. The Bertz CT molecular complexity index is 709. The first-order valence-corrected chi connectivity index (χ1v) is 9.33. The highest BCUT2D eigenvalue weighted by Crippen LogP contribution is 2.41. The Morgan fingerprint density at radius 2 is 2.21 bits per heavy atom. The van der Waals surface area contributed by atoms with Crippen molar-refractivity contribution in [2.24, 2.45) is 0 Å². The van der Waals surface area contributed by atoms with E-state index in [0.29, 0.717) is 12.3 Å². The number of carbonyl (C=O) groups excluding carboxylic acids is 1. The van der Waals surface area contributed by atoms with Crippen molar-refractivity contribution in [1.29, 1.82) is 0 Å². The molecule has 0 saturated heterocycles. The largest absolute Gasteiger partial charge is 0.497 e. The monoisotopic (exact) mass is 344 g/mol. The number of ether oxygens (including phenoxy) is 1. The maximum absolute atomic E-state index is 12.4. The molecule has 1 heterocycles. The molecule has 1 aliphatic rings. The van der Waals surface area contributed by atoms with E-state index in [4.69, 9.17) is 4.74 Å². The number of hydrogen-bond donors (Lipinski definition) is 1. The fourth-order valence-electron chi connectivity index (χ4n) is 2.74. The third-order valence-electron chi connectivity index (χ3n) is 4.44. The van der Waals surface area contributed by atoms with E-state index in [1.165, 1.54) is 17.8 Å². The van der Waals surface area contributed by atoms with Gasteiger partial charge >= 0.3 is 0 Å². The first kappa shape index (κ1) is 17.0. The normalized spacial score (nSPS) is 16.5. The van der Waals surface area contributed by atoms with Gasteiger partial charge in [0.15, 0.2) is 0 Å². The molecule has 4 nitrogen and oxygen atoms in total. The molecular weight excluding hydrogens is 320 g/mol. The number of nitrogens with one attached hydrogen (secondary N) is 1. The third kappa shape index (κ3) is 4.15. The summed E-state index contributed by atoms with van der Waals surface area (Å²) < 4.78 is 5.25. The van der Waals surface area contributed by atoms with E-state index < -0.39 is 0 Å². The number of amides is 1. The summed E-state index contributed by atoms with van der Waals surface area (Å²) >= 11 is 1.71. The average Bonchev–Trinajstić information content (AvgIpc) is 3.31. The van der Waals surface area contributed by atoms with Crippen LogP contribution in [0, 0.1) is 0 Å². The van der Waals surface area contributed by atoms with Crippen LogP contribution in [0.5, 0.6) is 5.75 Å². The molecule has 1 amide bonds. The lowest BCUT2D eigenvalue weighted by Crippen LogP contribution is -2.27. The van der Waals surface area contributed by atoms with E-state index in [1.807, 2.05) is 31.2 Å². The van der Waals surface area contributed by atoms with Crippen molar-refractivity contribution < 1.29 is 9.53 Å². The van der Waals surface area contributed by atoms with Crippen molar-refractivity contribution in [3.05, 3.63) is 45.9 Å². The van der Waals surface area contributed by atoms with E-state index in [9.17, 15) is 4.79 Å². The maximum atomic E-state index is 12.4. The predicted octanol–water partition coefficient (Wildman–Crippen LogP) is 4.40. The Morgan fingerprint density at radius 3 is 2.92 bits per heavy atom. The topological polar surface area (TPSA) is 51.2 Å². The standard InChI is InChI=1S/C19H24N2O2S/c1-12(15-5-4-6-16(10-15)23-3)9-18(22)20-13(2)17-11-24-19(21-17)14-7-8-14/h4-6,10-14H,7-9H2,1-3H3,(H,20,22)/t12-,13-/m1/s1. The molecule has 5 heteroatoms. The minimum Gasteiger partial charge on any atom is -0.497 e. The molecule has 0 bridgehead atoms. The van der Waals surface area contributed by atoms with Crippen LogP contribution in [0.4, 0.5) is 0 Å². The molecule has 2 atom stereocenters. The fourth-order valence-corrected chi connectivity index (χ4v) is 3.82. The van der Waals surface area contributed by atoms with Crippen LogP contribution in [-0.2, 0) is 4.79 Å². The number of nitrogens with zero attached hydrogens (tertiary/aromatic N) is 1. The molecule has 1 saturated carbocycles. The van der Waals surface area contributed by atoms with Gasteiger partial charge in [0.05, 0.1) is 23.9 Å². The maximum Gasteiger partial charge on any atom is 0.221 e. The fraction of sp³-hybridized carbons (Fsp3) is 0.474. The molecule has 2 aromatic rings. The van der Waals surface area contributed by atoms with Gasteiger partial charge < -0.3 is 10.1 Å². The molecule has 0 aliphatic heterocycles. The van der Waals surface area contributed by atoms with Crippen molar-refractivity contribution in [2.45, 2.75) is 51.0 Å². The highest BCUT2D eigenvalue weighted by molar-refractivity contribution is 7.09. The second-order valence-electron chi connectivity index (χ2n) is 6.56. The van der Waals surface area contributed by atoms with Crippen molar-refractivity contribution in [3.63, 3.8) is 0 Å². The molecule has 0 radical (unpaired) electrons. The van der Waals surface area contributed by atoms with Gasteiger partial charge in [-0.15, -0.1) is 11.3 Å². The van der Waals surface area contributed by atoms with Gasteiger partial charge in [-0.25, -0.2) is 4.98 Å². The van der Waals surface area contributed by atoms with Gasteiger partial charge in [-0.05, 0) is 43.4 Å². The number of methoxy groups -OCH3 is 1. The summed E-state index contributed by atoms with van der Waals surface area (Å²) in [6, 6.07) is 7.85. The van der Waals surface area contributed by atoms with Crippen molar-refractivity contribution in [3.8, 4) is 5.75 Å². The minimum absolute atomic E-state index is 0.0428. The van der Waals surface area contributed by atoms with Crippen LogP contribution in [0.1, 0.15) is 67.3 Å². The predicted molar refractivity (Wildman–Crippen MR) is 96.7 cm³/mol. The SMILES string of the molecule is COc1cccc([C@H](C)CC(=O)N[C@H](C)c2csc(C3CC3)n2)c1. The van der Waals surface area contributed by atoms with Gasteiger partial charge in [-0.2, -0.15) is 0 Å². The molecule has 1 fully saturated rings. The zero-order chi connectivity index (χ0) is 17.1. The molecule has 3 rings (SSSR count). The molecule has 1 aromatic heterocycles. The molecule has 24 heavy (non-hydrogen) atoms. The number of hydrogen-bond acceptors (Lipinski definition) is 4. The molecule has 128 valence electrons. The molecule has 0 unspecified atom stereocenters. The van der Waals surface area contributed by atoms with E-state index in [0.717, 1.165) is 17.0 Å². The lowest BCUT2D eigenvalue weighted by Gasteiger charge is -2.16.